The van der Waals surface area contributed by atoms with Crippen LogP contribution in [0, 0.1) is 5.92 Å². The van der Waals surface area contributed by atoms with Gasteiger partial charge in [0, 0.05) is 6.54 Å². The molecule has 1 heterocycles. The normalized spacial score (nSPS) is 32.1. The zero-order valence-electron chi connectivity index (χ0n) is 10.4. The Hall–Kier alpha value is -0.120. The summed E-state index contributed by atoms with van der Waals surface area (Å²) in [6.07, 6.45) is 8.34. The van der Waals surface area contributed by atoms with Gasteiger partial charge in [-0.3, -0.25) is 0 Å². The first-order valence-corrected chi connectivity index (χ1v) is 6.94. The summed E-state index contributed by atoms with van der Waals surface area (Å²) in [5, 5.41) is 0. The first-order valence-electron chi connectivity index (χ1n) is 6.94. The summed E-state index contributed by atoms with van der Waals surface area (Å²) >= 11 is 0. The molecule has 2 rings (SSSR count). The molecule has 0 spiro atoms. The molecule has 0 amide bonds. The molecular weight excluding hydrogens is 200 g/mol. The van der Waals surface area contributed by atoms with Crippen molar-refractivity contribution in [1.82, 2.24) is 4.90 Å². The average Bonchev–Trinajstić information content (AvgIpc) is 2.83. The Morgan fingerprint density at radius 1 is 1.06 bits per heavy atom. The second kappa shape index (κ2) is 6.58. The topological polar surface area (TPSA) is 38.5 Å². The number of rotatable bonds is 5. The van der Waals surface area contributed by atoms with E-state index >= 15 is 0 Å². The maximum Gasteiger partial charge on any atom is 0.0616 e. The van der Waals surface area contributed by atoms with E-state index in [0.717, 1.165) is 19.7 Å². The molecule has 1 saturated heterocycles. The summed E-state index contributed by atoms with van der Waals surface area (Å²) in [6.45, 7) is 5.37. The first kappa shape index (κ1) is 12.3. The Kier molecular flexibility index (Phi) is 5.07. The van der Waals surface area contributed by atoms with Crippen molar-refractivity contribution in [3.05, 3.63) is 0 Å². The van der Waals surface area contributed by atoms with Crippen LogP contribution in [-0.4, -0.2) is 43.8 Å². The number of likely N-dealkylation sites (tertiary alicyclic amines) is 1. The fraction of sp³-hybridized carbons (Fsp3) is 1.00. The molecular formula is C13H26N2O. The predicted molar refractivity (Wildman–Crippen MR) is 66.4 cm³/mol. The van der Waals surface area contributed by atoms with Gasteiger partial charge in [0.1, 0.15) is 0 Å². The smallest absolute Gasteiger partial charge is 0.0616 e. The molecule has 2 fully saturated rings. The van der Waals surface area contributed by atoms with Crippen LogP contribution in [0.2, 0.25) is 0 Å². The van der Waals surface area contributed by atoms with E-state index in [4.69, 9.17) is 10.5 Å². The van der Waals surface area contributed by atoms with Crippen LogP contribution in [0.3, 0.4) is 0 Å². The standard InChI is InChI=1S/C13H26N2O/c14-11-12-5-1-2-6-13(12)16-10-9-15-7-3-4-8-15/h12-13H,1-11,14H2. The Morgan fingerprint density at radius 3 is 2.56 bits per heavy atom. The van der Waals surface area contributed by atoms with Crippen molar-refractivity contribution in [2.75, 3.05) is 32.8 Å². The molecule has 2 unspecified atom stereocenters. The lowest BCUT2D eigenvalue weighted by Crippen LogP contribution is -2.35. The third-order valence-electron chi connectivity index (χ3n) is 4.08. The van der Waals surface area contributed by atoms with Gasteiger partial charge < -0.3 is 15.4 Å². The van der Waals surface area contributed by atoms with Crippen molar-refractivity contribution < 1.29 is 4.74 Å². The van der Waals surface area contributed by atoms with Crippen molar-refractivity contribution in [1.29, 1.82) is 0 Å². The van der Waals surface area contributed by atoms with Gasteiger partial charge in [0.2, 0.25) is 0 Å². The highest BCUT2D eigenvalue weighted by molar-refractivity contribution is 4.77. The van der Waals surface area contributed by atoms with E-state index in [0.29, 0.717) is 12.0 Å². The monoisotopic (exact) mass is 226 g/mol. The molecule has 94 valence electrons. The molecule has 2 aliphatic rings. The van der Waals surface area contributed by atoms with Crippen LogP contribution in [-0.2, 0) is 4.74 Å². The van der Waals surface area contributed by atoms with Crippen LogP contribution in [0.5, 0.6) is 0 Å². The van der Waals surface area contributed by atoms with Crippen molar-refractivity contribution in [3.63, 3.8) is 0 Å². The molecule has 0 aromatic carbocycles. The summed E-state index contributed by atoms with van der Waals surface area (Å²) in [7, 11) is 0. The molecule has 3 nitrogen and oxygen atoms in total. The molecule has 1 saturated carbocycles. The lowest BCUT2D eigenvalue weighted by atomic mass is 9.86. The Morgan fingerprint density at radius 2 is 1.81 bits per heavy atom. The molecule has 0 aromatic heterocycles. The lowest BCUT2D eigenvalue weighted by Gasteiger charge is -2.31. The maximum atomic E-state index is 6.03. The van der Waals surface area contributed by atoms with E-state index in [1.165, 1.54) is 51.6 Å². The second-order valence-electron chi connectivity index (χ2n) is 5.24. The summed E-state index contributed by atoms with van der Waals surface area (Å²) in [5.41, 5.74) is 5.80. The van der Waals surface area contributed by atoms with Gasteiger partial charge in [0.15, 0.2) is 0 Å². The number of nitrogens with zero attached hydrogens (tertiary/aromatic N) is 1. The molecule has 1 aliphatic heterocycles. The fourth-order valence-corrected chi connectivity index (χ4v) is 3.00. The minimum Gasteiger partial charge on any atom is -0.377 e. The van der Waals surface area contributed by atoms with Gasteiger partial charge in [0.05, 0.1) is 12.7 Å². The van der Waals surface area contributed by atoms with Gasteiger partial charge in [-0.05, 0) is 51.2 Å². The Balaban J connectivity index is 1.63. The van der Waals surface area contributed by atoms with Crippen molar-refractivity contribution in [2.45, 2.75) is 44.6 Å². The van der Waals surface area contributed by atoms with E-state index in [2.05, 4.69) is 4.90 Å². The minimum atomic E-state index is 0.446. The SMILES string of the molecule is NCC1CCCCC1OCCN1CCCC1. The molecule has 16 heavy (non-hydrogen) atoms. The van der Waals surface area contributed by atoms with Crippen molar-refractivity contribution in [2.24, 2.45) is 11.7 Å². The van der Waals surface area contributed by atoms with Crippen LogP contribution < -0.4 is 5.73 Å². The van der Waals surface area contributed by atoms with Gasteiger partial charge in [0.25, 0.3) is 0 Å². The third-order valence-corrected chi connectivity index (χ3v) is 4.08. The van der Waals surface area contributed by atoms with Crippen molar-refractivity contribution >= 4 is 0 Å². The molecule has 2 N–H and O–H groups in total. The number of ether oxygens (including phenoxy) is 1. The summed E-state index contributed by atoms with van der Waals surface area (Å²) in [5.74, 6) is 0.618. The second-order valence-corrected chi connectivity index (χ2v) is 5.24. The zero-order chi connectivity index (χ0) is 11.2. The van der Waals surface area contributed by atoms with Gasteiger partial charge >= 0.3 is 0 Å². The highest BCUT2D eigenvalue weighted by Crippen LogP contribution is 2.26. The highest BCUT2D eigenvalue weighted by atomic mass is 16.5. The minimum absolute atomic E-state index is 0.446. The predicted octanol–water partition coefficient (Wildman–Crippen LogP) is 1.62. The number of hydrogen-bond acceptors (Lipinski definition) is 3. The lowest BCUT2D eigenvalue weighted by molar-refractivity contribution is -0.0146. The Labute approximate surface area is 99.3 Å². The molecule has 0 aromatic rings. The molecule has 3 heteroatoms. The van der Waals surface area contributed by atoms with E-state index in [9.17, 15) is 0 Å². The van der Waals surface area contributed by atoms with Gasteiger partial charge in [-0.2, -0.15) is 0 Å². The van der Waals surface area contributed by atoms with Crippen LogP contribution in [0.4, 0.5) is 0 Å². The number of hydrogen-bond donors (Lipinski definition) is 1. The van der Waals surface area contributed by atoms with E-state index in [1.807, 2.05) is 0 Å². The van der Waals surface area contributed by atoms with Crippen LogP contribution in [0.15, 0.2) is 0 Å². The number of nitrogens with two attached hydrogens (primary N) is 1. The zero-order valence-corrected chi connectivity index (χ0v) is 10.4. The van der Waals surface area contributed by atoms with Gasteiger partial charge in [-0.1, -0.05) is 12.8 Å². The average molecular weight is 226 g/mol. The van der Waals surface area contributed by atoms with Crippen molar-refractivity contribution in [3.8, 4) is 0 Å². The van der Waals surface area contributed by atoms with Crippen LogP contribution >= 0.6 is 0 Å². The highest BCUT2D eigenvalue weighted by Gasteiger charge is 2.24. The quantitative estimate of drug-likeness (QED) is 0.774. The van der Waals surface area contributed by atoms with E-state index in [-0.39, 0.29) is 0 Å². The maximum absolute atomic E-state index is 6.03. The van der Waals surface area contributed by atoms with Crippen LogP contribution in [0.25, 0.3) is 0 Å². The third kappa shape index (κ3) is 3.44. The molecule has 0 bridgehead atoms. The van der Waals surface area contributed by atoms with Gasteiger partial charge in [-0.25, -0.2) is 0 Å². The Bertz CT molecular complexity index is 192. The molecule has 0 radical (unpaired) electrons. The molecule has 2 atom stereocenters. The van der Waals surface area contributed by atoms with E-state index in [1.54, 1.807) is 0 Å². The van der Waals surface area contributed by atoms with Gasteiger partial charge in [-0.15, -0.1) is 0 Å². The summed E-state index contributed by atoms with van der Waals surface area (Å²) < 4.78 is 6.03. The van der Waals surface area contributed by atoms with Crippen LogP contribution in [0.1, 0.15) is 38.5 Å². The fourth-order valence-electron chi connectivity index (χ4n) is 3.00. The summed E-state index contributed by atoms with van der Waals surface area (Å²) in [4.78, 5) is 2.51. The first-order chi connectivity index (χ1) is 7.90. The largest absolute Gasteiger partial charge is 0.377 e. The summed E-state index contributed by atoms with van der Waals surface area (Å²) in [6, 6.07) is 0. The molecule has 1 aliphatic carbocycles. The van der Waals surface area contributed by atoms with E-state index < -0.39 is 0 Å².